The quantitative estimate of drug-likeness (QED) is 0.371. The van der Waals surface area contributed by atoms with Crippen LogP contribution in [-0.2, 0) is 4.74 Å². The molecule has 1 heterocycles. The van der Waals surface area contributed by atoms with E-state index in [0.29, 0.717) is 5.73 Å². The van der Waals surface area contributed by atoms with Crippen LogP contribution in [0, 0.1) is 0 Å². The van der Waals surface area contributed by atoms with Gasteiger partial charge in [-0.3, -0.25) is 0 Å². The van der Waals surface area contributed by atoms with Gasteiger partial charge in [0.25, 0.3) is 0 Å². The van der Waals surface area contributed by atoms with Gasteiger partial charge in [0.1, 0.15) is 0 Å². The maximum Gasteiger partial charge on any atom is 0.0815 e. The molecular formula is C5H12OSi. The zero-order valence-electron chi connectivity index (χ0n) is 5.19. The Hall–Kier alpha value is 0.177. The molecule has 0 bridgehead atoms. The average molecular weight is 116 g/mol. The molecule has 1 rings (SSSR count). The van der Waals surface area contributed by atoms with E-state index in [4.69, 9.17) is 4.74 Å². The van der Waals surface area contributed by atoms with Gasteiger partial charge in [0.05, 0.1) is 20.4 Å². The molecule has 0 aliphatic carbocycles. The van der Waals surface area contributed by atoms with Crippen LogP contribution in [0.5, 0.6) is 0 Å². The van der Waals surface area contributed by atoms with E-state index in [9.17, 15) is 0 Å². The average Bonchev–Trinajstić information content (AvgIpc) is 1.99. The SMILES string of the molecule is C[Si](C)(C)C1CO1. The van der Waals surface area contributed by atoms with Gasteiger partial charge in [-0.05, 0) is 0 Å². The molecule has 1 aliphatic rings. The highest BCUT2D eigenvalue weighted by atomic mass is 28.3. The van der Waals surface area contributed by atoms with Crippen molar-refractivity contribution in [2.24, 2.45) is 0 Å². The van der Waals surface area contributed by atoms with Crippen LogP contribution in [-0.4, -0.2) is 20.4 Å². The van der Waals surface area contributed by atoms with E-state index >= 15 is 0 Å². The van der Waals surface area contributed by atoms with Gasteiger partial charge in [-0.2, -0.15) is 0 Å². The van der Waals surface area contributed by atoms with Crippen LogP contribution in [0.15, 0.2) is 0 Å². The Bertz CT molecular complexity index is 70.6. The molecule has 0 N–H and O–H groups in total. The highest BCUT2D eigenvalue weighted by Gasteiger charge is 2.36. The number of hydrogen-bond acceptors (Lipinski definition) is 1. The second-order valence-corrected chi connectivity index (χ2v) is 8.56. The molecule has 0 saturated carbocycles. The van der Waals surface area contributed by atoms with Crippen molar-refractivity contribution >= 4 is 8.07 Å². The third-order valence-electron chi connectivity index (χ3n) is 1.30. The Morgan fingerprint density at radius 2 is 1.86 bits per heavy atom. The van der Waals surface area contributed by atoms with Crippen LogP contribution in [0.2, 0.25) is 19.6 Å². The van der Waals surface area contributed by atoms with Gasteiger partial charge in [0.2, 0.25) is 0 Å². The summed E-state index contributed by atoms with van der Waals surface area (Å²) in [6, 6.07) is 0. The van der Waals surface area contributed by atoms with Crippen molar-refractivity contribution in [3.63, 3.8) is 0 Å². The van der Waals surface area contributed by atoms with E-state index in [0.717, 1.165) is 6.61 Å². The fraction of sp³-hybridized carbons (Fsp3) is 1.00. The fourth-order valence-electron chi connectivity index (χ4n) is 0.548. The lowest BCUT2D eigenvalue weighted by atomic mass is 11.0. The molecule has 42 valence electrons. The second-order valence-electron chi connectivity index (χ2n) is 3.19. The lowest BCUT2D eigenvalue weighted by Gasteiger charge is -2.09. The molecule has 1 saturated heterocycles. The Kier molecular flexibility index (Phi) is 1.01. The predicted molar refractivity (Wildman–Crippen MR) is 33.1 cm³/mol. The molecular weight excluding hydrogens is 104 g/mol. The van der Waals surface area contributed by atoms with Gasteiger partial charge in [-0.1, -0.05) is 19.6 Å². The summed E-state index contributed by atoms with van der Waals surface area (Å²) in [5, 5.41) is 0. The molecule has 7 heavy (non-hydrogen) atoms. The first-order chi connectivity index (χ1) is 3.11. The highest BCUT2D eigenvalue weighted by molar-refractivity contribution is 6.78. The first-order valence-corrected chi connectivity index (χ1v) is 6.30. The summed E-state index contributed by atoms with van der Waals surface area (Å²) < 4.78 is 5.13. The minimum atomic E-state index is -0.846. The lowest BCUT2D eigenvalue weighted by Crippen LogP contribution is -2.28. The van der Waals surface area contributed by atoms with Crippen molar-refractivity contribution < 1.29 is 4.74 Å². The molecule has 0 radical (unpaired) electrons. The molecule has 0 aromatic carbocycles. The topological polar surface area (TPSA) is 12.5 Å². The minimum absolute atomic E-state index is 0.687. The normalized spacial score (nSPS) is 30.4. The van der Waals surface area contributed by atoms with Crippen LogP contribution >= 0.6 is 0 Å². The zero-order valence-corrected chi connectivity index (χ0v) is 6.19. The second kappa shape index (κ2) is 1.33. The fourth-order valence-corrected chi connectivity index (χ4v) is 1.64. The molecule has 1 unspecified atom stereocenters. The molecule has 0 aromatic heterocycles. The Morgan fingerprint density at radius 1 is 1.43 bits per heavy atom. The number of ether oxygens (including phenoxy) is 1. The van der Waals surface area contributed by atoms with Crippen LogP contribution in [0.3, 0.4) is 0 Å². The van der Waals surface area contributed by atoms with Crippen molar-refractivity contribution in [2.45, 2.75) is 25.4 Å². The van der Waals surface area contributed by atoms with Crippen LogP contribution in [0.25, 0.3) is 0 Å². The van der Waals surface area contributed by atoms with Gasteiger partial charge >= 0.3 is 0 Å². The Balaban J connectivity index is 2.36. The van der Waals surface area contributed by atoms with Gasteiger partial charge in [-0.25, -0.2) is 0 Å². The lowest BCUT2D eigenvalue weighted by molar-refractivity contribution is 0.450. The summed E-state index contributed by atoms with van der Waals surface area (Å²) in [6.07, 6.45) is 0. The Morgan fingerprint density at radius 3 is 1.86 bits per heavy atom. The van der Waals surface area contributed by atoms with E-state index in [1.165, 1.54) is 0 Å². The first-order valence-electron chi connectivity index (χ1n) is 2.72. The smallest absolute Gasteiger partial charge is 0.0815 e. The van der Waals surface area contributed by atoms with Crippen molar-refractivity contribution in [1.29, 1.82) is 0 Å². The van der Waals surface area contributed by atoms with Gasteiger partial charge in [-0.15, -0.1) is 0 Å². The monoisotopic (exact) mass is 116 g/mol. The number of hydrogen-bond donors (Lipinski definition) is 0. The molecule has 1 fully saturated rings. The van der Waals surface area contributed by atoms with Crippen LogP contribution in [0.1, 0.15) is 0 Å². The van der Waals surface area contributed by atoms with Crippen LogP contribution < -0.4 is 0 Å². The summed E-state index contributed by atoms with van der Waals surface area (Å²) in [4.78, 5) is 0. The first kappa shape index (κ1) is 5.32. The van der Waals surface area contributed by atoms with E-state index in [1.54, 1.807) is 0 Å². The number of epoxide rings is 1. The molecule has 0 spiro atoms. The summed E-state index contributed by atoms with van der Waals surface area (Å²) >= 11 is 0. The largest absolute Gasteiger partial charge is 0.377 e. The third kappa shape index (κ3) is 1.28. The van der Waals surface area contributed by atoms with E-state index < -0.39 is 8.07 Å². The van der Waals surface area contributed by atoms with Gasteiger partial charge < -0.3 is 4.74 Å². The molecule has 0 amide bonds. The molecule has 2 heteroatoms. The summed E-state index contributed by atoms with van der Waals surface area (Å²) in [5.41, 5.74) is 0.687. The van der Waals surface area contributed by atoms with Gasteiger partial charge in [0, 0.05) is 0 Å². The van der Waals surface area contributed by atoms with Crippen LogP contribution in [0.4, 0.5) is 0 Å². The maximum atomic E-state index is 5.13. The molecule has 1 atom stereocenters. The standard InChI is InChI=1S/C5H12OSi/c1-7(2,3)5-4-6-5/h5H,4H2,1-3H3. The van der Waals surface area contributed by atoms with Crippen molar-refractivity contribution in [3.8, 4) is 0 Å². The van der Waals surface area contributed by atoms with Crippen molar-refractivity contribution in [2.75, 3.05) is 6.61 Å². The predicted octanol–water partition coefficient (Wildman–Crippen LogP) is 1.26. The third-order valence-corrected chi connectivity index (χ3v) is 3.56. The summed E-state index contributed by atoms with van der Waals surface area (Å²) in [6.45, 7) is 8.05. The van der Waals surface area contributed by atoms with E-state index in [2.05, 4.69) is 19.6 Å². The van der Waals surface area contributed by atoms with Crippen molar-refractivity contribution in [3.05, 3.63) is 0 Å². The number of rotatable bonds is 1. The summed E-state index contributed by atoms with van der Waals surface area (Å²) in [7, 11) is -0.846. The maximum absolute atomic E-state index is 5.13. The minimum Gasteiger partial charge on any atom is -0.377 e. The summed E-state index contributed by atoms with van der Waals surface area (Å²) in [5.74, 6) is 0. The molecule has 1 aliphatic heterocycles. The van der Waals surface area contributed by atoms with E-state index in [1.807, 2.05) is 0 Å². The zero-order chi connectivity index (χ0) is 5.49. The highest BCUT2D eigenvalue weighted by Crippen LogP contribution is 2.21. The van der Waals surface area contributed by atoms with Crippen molar-refractivity contribution in [1.82, 2.24) is 0 Å². The Labute approximate surface area is 45.7 Å². The van der Waals surface area contributed by atoms with E-state index in [-0.39, 0.29) is 0 Å². The molecule has 0 aromatic rings. The van der Waals surface area contributed by atoms with Gasteiger partial charge in [0.15, 0.2) is 0 Å². The molecule has 1 nitrogen and oxygen atoms in total.